The average Bonchev–Trinajstić information content (AvgIpc) is 2.75. The summed E-state index contributed by atoms with van der Waals surface area (Å²) in [7, 11) is -3.42. The van der Waals surface area contributed by atoms with Crippen LogP contribution in [-0.2, 0) is 10.0 Å². The van der Waals surface area contributed by atoms with E-state index in [1.165, 1.54) is 22.3 Å². The molecule has 3 atom stereocenters. The summed E-state index contributed by atoms with van der Waals surface area (Å²) in [4.78, 5) is 0.375. The zero-order chi connectivity index (χ0) is 20.0. The Labute approximate surface area is 172 Å². The van der Waals surface area contributed by atoms with Crippen LogP contribution in [0.1, 0.15) is 17.0 Å². The van der Waals surface area contributed by atoms with Gasteiger partial charge in [-0.15, -0.1) is 0 Å². The lowest BCUT2D eigenvalue weighted by molar-refractivity contribution is 0.102. The normalized spacial score (nSPS) is 24.1. The highest BCUT2D eigenvalue weighted by molar-refractivity contribution is 7.89. The number of nitrogens with zero attached hydrogens (tertiary/aromatic N) is 1. The van der Waals surface area contributed by atoms with Crippen LogP contribution < -0.4 is 5.32 Å². The average molecular weight is 405 g/mol. The molecule has 0 aromatic heterocycles. The fourth-order valence-electron chi connectivity index (χ4n) is 4.67. The molecule has 0 saturated carbocycles. The summed E-state index contributed by atoms with van der Waals surface area (Å²) in [5, 5.41) is 3.53. The van der Waals surface area contributed by atoms with Crippen LogP contribution in [0.4, 0.5) is 0 Å². The van der Waals surface area contributed by atoms with E-state index in [9.17, 15) is 8.42 Å². The Bertz CT molecular complexity index is 1120. The van der Waals surface area contributed by atoms with E-state index in [-0.39, 0.29) is 12.1 Å². The van der Waals surface area contributed by atoms with E-state index in [1.54, 1.807) is 28.6 Å². The summed E-state index contributed by atoms with van der Waals surface area (Å²) < 4.78 is 27.5. The zero-order valence-corrected chi connectivity index (χ0v) is 17.1. The third-order valence-corrected chi connectivity index (χ3v) is 8.07. The van der Waals surface area contributed by atoms with Crippen LogP contribution in [0.5, 0.6) is 0 Å². The number of aryl methyl sites for hydroxylation is 1. The van der Waals surface area contributed by atoms with Crippen molar-refractivity contribution in [3.63, 3.8) is 0 Å². The van der Waals surface area contributed by atoms with Gasteiger partial charge in [0.2, 0.25) is 10.0 Å². The number of benzene rings is 3. The number of rotatable bonds is 4. The molecular weight excluding hydrogens is 380 g/mol. The minimum Gasteiger partial charge on any atom is -0.307 e. The maximum atomic E-state index is 12.9. The van der Waals surface area contributed by atoms with Gasteiger partial charge in [-0.05, 0) is 41.3 Å². The van der Waals surface area contributed by atoms with E-state index < -0.39 is 10.0 Å². The maximum absolute atomic E-state index is 12.9. The van der Waals surface area contributed by atoms with Gasteiger partial charge in [0, 0.05) is 31.1 Å². The SMILES string of the molecule is Cc1ccccc1-c1ccc(C2[C@@H]3CN(S(=O)(=O)c4ccccc4)C[C@H]2N3)cc1. The third-order valence-electron chi connectivity index (χ3n) is 6.23. The Hall–Kier alpha value is -2.47. The van der Waals surface area contributed by atoms with Gasteiger partial charge >= 0.3 is 0 Å². The molecule has 3 aliphatic heterocycles. The van der Waals surface area contributed by atoms with Gasteiger partial charge in [-0.2, -0.15) is 4.31 Å². The number of hydrogen-bond donors (Lipinski definition) is 1. The molecule has 1 unspecified atom stereocenters. The number of piperazine rings is 1. The van der Waals surface area contributed by atoms with Crippen molar-refractivity contribution in [2.24, 2.45) is 0 Å². The van der Waals surface area contributed by atoms with Crippen LogP contribution >= 0.6 is 0 Å². The Kier molecular flexibility index (Phi) is 4.54. The first-order chi connectivity index (χ1) is 14.0. The summed E-state index contributed by atoms with van der Waals surface area (Å²) in [6, 6.07) is 26.2. The second kappa shape index (κ2) is 7.10. The van der Waals surface area contributed by atoms with Gasteiger partial charge < -0.3 is 5.32 Å². The predicted octanol–water partition coefficient (Wildman–Crippen LogP) is 3.79. The molecule has 1 N–H and O–H groups in total. The van der Waals surface area contributed by atoms with Gasteiger partial charge in [-0.3, -0.25) is 0 Å². The summed E-state index contributed by atoms with van der Waals surface area (Å²) in [5.74, 6) is 0.364. The van der Waals surface area contributed by atoms with Crippen LogP contribution in [0.3, 0.4) is 0 Å². The van der Waals surface area contributed by atoms with Crippen LogP contribution in [0, 0.1) is 6.92 Å². The molecule has 3 saturated heterocycles. The highest BCUT2D eigenvalue weighted by Gasteiger charge is 2.49. The lowest BCUT2D eigenvalue weighted by Crippen LogP contribution is -2.72. The first kappa shape index (κ1) is 18.6. The second-order valence-corrected chi connectivity index (χ2v) is 9.92. The lowest BCUT2D eigenvalue weighted by Gasteiger charge is -2.54. The summed E-state index contributed by atoms with van der Waals surface area (Å²) in [5.41, 5.74) is 5.03. The molecule has 3 aliphatic rings. The summed E-state index contributed by atoms with van der Waals surface area (Å²) in [6.07, 6.45) is 0. The van der Waals surface area contributed by atoms with Crippen LogP contribution in [-0.4, -0.2) is 37.9 Å². The fourth-order valence-corrected chi connectivity index (χ4v) is 6.19. The van der Waals surface area contributed by atoms with E-state index in [0.717, 1.165) is 0 Å². The molecule has 3 fully saturated rings. The molecule has 3 aromatic carbocycles. The van der Waals surface area contributed by atoms with Crippen LogP contribution in [0.2, 0.25) is 0 Å². The van der Waals surface area contributed by atoms with Crippen LogP contribution in [0.25, 0.3) is 11.1 Å². The zero-order valence-electron chi connectivity index (χ0n) is 16.3. The minimum absolute atomic E-state index is 0.163. The molecule has 2 bridgehead atoms. The Balaban J connectivity index is 1.34. The Morgan fingerprint density at radius 1 is 0.828 bits per heavy atom. The van der Waals surface area contributed by atoms with Gasteiger partial charge in [0.15, 0.2) is 0 Å². The molecule has 0 aliphatic carbocycles. The van der Waals surface area contributed by atoms with E-state index in [4.69, 9.17) is 0 Å². The van der Waals surface area contributed by atoms with E-state index >= 15 is 0 Å². The first-order valence-corrected chi connectivity index (χ1v) is 11.5. The van der Waals surface area contributed by atoms with Gasteiger partial charge in [0.05, 0.1) is 4.90 Å². The van der Waals surface area contributed by atoms with Crippen molar-refractivity contribution in [2.45, 2.75) is 29.8 Å². The highest BCUT2D eigenvalue weighted by Crippen LogP contribution is 2.39. The van der Waals surface area contributed by atoms with Crippen molar-refractivity contribution >= 4 is 10.0 Å². The van der Waals surface area contributed by atoms with E-state index in [0.29, 0.717) is 23.9 Å². The van der Waals surface area contributed by atoms with Crippen LogP contribution in [0.15, 0.2) is 83.8 Å². The number of piperidine rings is 1. The topological polar surface area (TPSA) is 49.4 Å². The molecule has 3 aromatic rings. The van der Waals surface area contributed by atoms with E-state index in [2.05, 4.69) is 60.8 Å². The van der Waals surface area contributed by atoms with Crippen molar-refractivity contribution in [1.29, 1.82) is 0 Å². The molecule has 0 amide bonds. The minimum atomic E-state index is -3.42. The fraction of sp³-hybridized carbons (Fsp3) is 0.250. The van der Waals surface area contributed by atoms with Gasteiger partial charge in [-0.1, -0.05) is 66.7 Å². The van der Waals surface area contributed by atoms with Crippen molar-refractivity contribution in [1.82, 2.24) is 9.62 Å². The predicted molar refractivity (Wildman–Crippen MR) is 115 cm³/mol. The quantitative estimate of drug-likeness (QED) is 0.720. The number of nitrogens with one attached hydrogen (secondary N) is 1. The monoisotopic (exact) mass is 404 g/mol. The molecule has 148 valence electrons. The highest BCUT2D eigenvalue weighted by atomic mass is 32.2. The summed E-state index contributed by atoms with van der Waals surface area (Å²) >= 11 is 0. The molecule has 3 heterocycles. The van der Waals surface area contributed by atoms with E-state index in [1.807, 2.05) is 6.07 Å². The van der Waals surface area contributed by atoms with Gasteiger partial charge in [-0.25, -0.2) is 8.42 Å². The lowest BCUT2D eigenvalue weighted by atomic mass is 9.75. The molecule has 6 rings (SSSR count). The third kappa shape index (κ3) is 3.19. The first-order valence-electron chi connectivity index (χ1n) is 10.0. The van der Waals surface area contributed by atoms with Crippen molar-refractivity contribution in [3.8, 4) is 11.1 Å². The Morgan fingerprint density at radius 2 is 1.45 bits per heavy atom. The maximum Gasteiger partial charge on any atom is 0.243 e. The van der Waals surface area contributed by atoms with Crippen molar-refractivity contribution in [2.75, 3.05) is 13.1 Å². The molecule has 0 radical (unpaired) electrons. The standard InChI is InChI=1S/C24H24N2O2S/c1-17-7-5-6-10-21(17)18-11-13-19(14-12-18)24-22-15-26(16-23(24)25-22)29(27,28)20-8-3-2-4-9-20/h2-14,22-25H,15-16H2,1H3/t22-,23+,24?. The largest absolute Gasteiger partial charge is 0.307 e. The summed E-state index contributed by atoms with van der Waals surface area (Å²) in [6.45, 7) is 3.15. The van der Waals surface area contributed by atoms with Gasteiger partial charge in [0.25, 0.3) is 0 Å². The molecular formula is C24H24N2O2S. The second-order valence-electron chi connectivity index (χ2n) is 7.98. The number of fused-ring (bicyclic) bond motifs is 2. The number of hydrogen-bond acceptors (Lipinski definition) is 3. The molecule has 4 nitrogen and oxygen atoms in total. The van der Waals surface area contributed by atoms with Gasteiger partial charge in [0.1, 0.15) is 0 Å². The Morgan fingerprint density at radius 3 is 2.10 bits per heavy atom. The van der Waals surface area contributed by atoms with Crippen molar-refractivity contribution in [3.05, 3.63) is 90.0 Å². The molecule has 29 heavy (non-hydrogen) atoms. The van der Waals surface area contributed by atoms with Crippen molar-refractivity contribution < 1.29 is 8.42 Å². The molecule has 5 heteroatoms. The molecule has 0 spiro atoms. The number of sulfonamides is 1. The smallest absolute Gasteiger partial charge is 0.243 e.